The number of hydrogen-bond donors (Lipinski definition) is 0. The predicted octanol–water partition coefficient (Wildman–Crippen LogP) is 4.73. The van der Waals surface area contributed by atoms with Crippen molar-refractivity contribution in [1.82, 2.24) is 4.57 Å². The van der Waals surface area contributed by atoms with Crippen LogP contribution in [-0.4, -0.2) is 30.4 Å². The smallest absolute Gasteiger partial charge is 0.338 e. The SMILES string of the molecule is CCOC(=O)C1=C(c2ccccc2)N=c2s/c(=C\c3cccc(OC)c3OC(C)C)c(=O)n2[C@@H]1c1ccccc1. The van der Waals surface area contributed by atoms with E-state index in [1.165, 1.54) is 11.3 Å². The number of rotatable bonds is 8. The van der Waals surface area contributed by atoms with Crippen LogP contribution in [0.4, 0.5) is 0 Å². The van der Waals surface area contributed by atoms with Crippen molar-refractivity contribution in [1.29, 1.82) is 0 Å². The van der Waals surface area contributed by atoms with Crippen molar-refractivity contribution >= 4 is 29.1 Å². The average molecular weight is 555 g/mol. The Morgan fingerprint density at radius 2 is 1.73 bits per heavy atom. The summed E-state index contributed by atoms with van der Waals surface area (Å²) in [6, 6.07) is 23.8. The molecule has 1 aliphatic heterocycles. The molecular weight excluding hydrogens is 524 g/mol. The summed E-state index contributed by atoms with van der Waals surface area (Å²) >= 11 is 1.27. The van der Waals surface area contributed by atoms with E-state index in [9.17, 15) is 9.59 Å². The molecule has 0 radical (unpaired) electrons. The van der Waals surface area contributed by atoms with Gasteiger partial charge in [-0.3, -0.25) is 9.36 Å². The molecule has 3 aromatic carbocycles. The van der Waals surface area contributed by atoms with E-state index >= 15 is 0 Å². The zero-order valence-corrected chi connectivity index (χ0v) is 23.6. The van der Waals surface area contributed by atoms with E-state index in [1.807, 2.05) is 92.7 Å². The van der Waals surface area contributed by atoms with Crippen LogP contribution in [0, 0.1) is 0 Å². The second-order valence-corrected chi connectivity index (χ2v) is 10.4. The number of benzene rings is 3. The van der Waals surface area contributed by atoms with Crippen molar-refractivity contribution in [3.8, 4) is 11.5 Å². The second-order valence-electron chi connectivity index (χ2n) is 9.39. The maximum atomic E-state index is 14.1. The first-order valence-electron chi connectivity index (χ1n) is 13.1. The Kier molecular flexibility index (Phi) is 7.98. The number of nitrogens with zero attached hydrogens (tertiary/aromatic N) is 2. The highest BCUT2D eigenvalue weighted by Crippen LogP contribution is 2.35. The van der Waals surface area contributed by atoms with Crippen molar-refractivity contribution in [2.24, 2.45) is 4.99 Å². The maximum Gasteiger partial charge on any atom is 0.338 e. The standard InChI is InChI=1S/C32H30N2O5S/c1-5-38-31(36)26-27(21-13-8-6-9-14-21)33-32-34(28(26)22-15-10-7-11-16-22)30(35)25(40-32)19-23-17-12-18-24(37-4)29(23)39-20(2)3/h6-20,28H,5H2,1-4H3/b25-19-/t28-/m1/s1. The Labute approximate surface area is 236 Å². The van der Waals surface area contributed by atoms with Crippen molar-refractivity contribution in [3.05, 3.63) is 121 Å². The molecule has 5 rings (SSSR count). The highest BCUT2D eigenvalue weighted by molar-refractivity contribution is 7.07. The lowest BCUT2D eigenvalue weighted by Gasteiger charge is -2.25. The van der Waals surface area contributed by atoms with Crippen LogP contribution >= 0.6 is 11.3 Å². The number of para-hydroxylation sites is 1. The van der Waals surface area contributed by atoms with E-state index in [4.69, 9.17) is 19.2 Å². The zero-order valence-electron chi connectivity index (χ0n) is 22.8. The van der Waals surface area contributed by atoms with Crippen LogP contribution in [0.5, 0.6) is 11.5 Å². The van der Waals surface area contributed by atoms with Crippen LogP contribution < -0.4 is 24.4 Å². The van der Waals surface area contributed by atoms with Gasteiger partial charge in [-0.1, -0.05) is 84.1 Å². The highest BCUT2D eigenvalue weighted by Gasteiger charge is 2.35. The molecule has 0 fully saturated rings. The van der Waals surface area contributed by atoms with Crippen LogP contribution in [0.1, 0.15) is 43.5 Å². The molecule has 0 bridgehead atoms. The van der Waals surface area contributed by atoms with E-state index in [-0.39, 0.29) is 18.3 Å². The molecule has 40 heavy (non-hydrogen) atoms. The molecule has 8 heteroatoms. The molecule has 4 aromatic rings. The molecule has 0 unspecified atom stereocenters. The van der Waals surface area contributed by atoms with Crippen LogP contribution in [0.2, 0.25) is 0 Å². The summed E-state index contributed by atoms with van der Waals surface area (Å²) in [6.45, 7) is 5.83. The van der Waals surface area contributed by atoms with Crippen LogP contribution in [0.3, 0.4) is 0 Å². The third kappa shape index (κ3) is 5.22. The van der Waals surface area contributed by atoms with E-state index in [2.05, 4.69) is 0 Å². The zero-order chi connectivity index (χ0) is 28.2. The molecule has 1 atom stereocenters. The lowest BCUT2D eigenvalue weighted by Crippen LogP contribution is -2.40. The van der Waals surface area contributed by atoms with Gasteiger partial charge in [0.05, 0.1) is 41.7 Å². The monoisotopic (exact) mass is 554 g/mol. The lowest BCUT2D eigenvalue weighted by molar-refractivity contribution is -0.138. The van der Waals surface area contributed by atoms with Crippen LogP contribution in [0.25, 0.3) is 11.8 Å². The number of ether oxygens (including phenoxy) is 3. The van der Waals surface area contributed by atoms with Gasteiger partial charge in [-0.15, -0.1) is 0 Å². The van der Waals surface area contributed by atoms with Crippen LogP contribution in [-0.2, 0) is 9.53 Å². The topological polar surface area (TPSA) is 79.1 Å². The summed E-state index contributed by atoms with van der Waals surface area (Å²) in [5, 5.41) is 0. The van der Waals surface area contributed by atoms with E-state index < -0.39 is 12.0 Å². The van der Waals surface area contributed by atoms with Gasteiger partial charge in [0.25, 0.3) is 5.56 Å². The molecule has 1 aromatic heterocycles. The molecule has 0 saturated carbocycles. The summed E-state index contributed by atoms with van der Waals surface area (Å²) in [4.78, 5) is 33.0. The normalized spacial score (nSPS) is 15.0. The van der Waals surface area contributed by atoms with Crippen molar-refractivity contribution in [2.75, 3.05) is 13.7 Å². The molecule has 0 saturated heterocycles. The molecule has 204 valence electrons. The van der Waals surface area contributed by atoms with Crippen molar-refractivity contribution < 1.29 is 19.0 Å². The van der Waals surface area contributed by atoms with Gasteiger partial charge >= 0.3 is 5.97 Å². The average Bonchev–Trinajstić information content (AvgIpc) is 3.28. The summed E-state index contributed by atoms with van der Waals surface area (Å²) in [6.07, 6.45) is 1.70. The number of esters is 1. The van der Waals surface area contributed by atoms with E-state index in [0.29, 0.717) is 37.7 Å². The second kappa shape index (κ2) is 11.8. The Bertz CT molecular complexity index is 1740. The predicted molar refractivity (Wildman–Crippen MR) is 156 cm³/mol. The Morgan fingerprint density at radius 3 is 2.38 bits per heavy atom. The van der Waals surface area contributed by atoms with Gasteiger partial charge in [0.2, 0.25) is 0 Å². The first-order valence-corrected chi connectivity index (χ1v) is 13.9. The molecule has 7 nitrogen and oxygen atoms in total. The summed E-state index contributed by atoms with van der Waals surface area (Å²) in [7, 11) is 1.59. The van der Waals surface area contributed by atoms with Gasteiger partial charge in [-0.05, 0) is 38.5 Å². The molecule has 0 aliphatic carbocycles. The van der Waals surface area contributed by atoms with Crippen molar-refractivity contribution in [2.45, 2.75) is 32.9 Å². The minimum atomic E-state index is -0.717. The number of methoxy groups -OCH3 is 1. The van der Waals surface area contributed by atoms with Gasteiger partial charge in [-0.2, -0.15) is 0 Å². The molecule has 0 amide bonds. The van der Waals surface area contributed by atoms with Gasteiger partial charge in [0, 0.05) is 11.1 Å². The fraction of sp³-hybridized carbons (Fsp3) is 0.219. The number of carbonyl (C=O) groups is 1. The molecular formula is C32H30N2O5S. The number of aromatic nitrogens is 1. The van der Waals surface area contributed by atoms with E-state index in [1.54, 1.807) is 24.7 Å². The quantitative estimate of drug-likeness (QED) is 0.294. The molecule has 0 N–H and O–H groups in total. The van der Waals surface area contributed by atoms with Crippen molar-refractivity contribution in [3.63, 3.8) is 0 Å². The third-order valence-electron chi connectivity index (χ3n) is 6.36. The first kappa shape index (κ1) is 27.1. The Morgan fingerprint density at radius 1 is 1.02 bits per heavy atom. The fourth-order valence-electron chi connectivity index (χ4n) is 4.70. The minimum absolute atomic E-state index is 0.0942. The highest BCUT2D eigenvalue weighted by atomic mass is 32.1. The van der Waals surface area contributed by atoms with Gasteiger partial charge in [0.1, 0.15) is 0 Å². The molecule has 1 aliphatic rings. The lowest BCUT2D eigenvalue weighted by atomic mass is 9.93. The first-order chi connectivity index (χ1) is 19.4. The maximum absolute atomic E-state index is 14.1. The van der Waals surface area contributed by atoms with Gasteiger partial charge in [0.15, 0.2) is 16.3 Å². The van der Waals surface area contributed by atoms with E-state index in [0.717, 1.165) is 11.1 Å². The fourth-order valence-corrected chi connectivity index (χ4v) is 5.69. The minimum Gasteiger partial charge on any atom is -0.493 e. The summed E-state index contributed by atoms with van der Waals surface area (Å²) < 4.78 is 19.2. The van der Waals surface area contributed by atoms with Gasteiger partial charge < -0.3 is 14.2 Å². The third-order valence-corrected chi connectivity index (χ3v) is 7.34. The number of thiazole rings is 1. The number of hydrogen-bond acceptors (Lipinski definition) is 7. The number of carbonyl (C=O) groups excluding carboxylic acids is 1. The Balaban J connectivity index is 1.81. The largest absolute Gasteiger partial charge is 0.493 e. The van der Waals surface area contributed by atoms with Gasteiger partial charge in [-0.25, -0.2) is 9.79 Å². The van der Waals surface area contributed by atoms with Crippen LogP contribution in [0.15, 0.2) is 94.2 Å². The summed E-state index contributed by atoms with van der Waals surface area (Å²) in [5.74, 6) is 0.629. The molecule has 0 spiro atoms. The Hall–Kier alpha value is -4.43. The summed E-state index contributed by atoms with van der Waals surface area (Å²) in [5.41, 5.74) is 2.82. The molecule has 2 heterocycles. The number of fused-ring (bicyclic) bond motifs is 1.